The summed E-state index contributed by atoms with van der Waals surface area (Å²) in [5.41, 5.74) is 0.741. The third-order valence-electron chi connectivity index (χ3n) is 4.31. The van der Waals surface area contributed by atoms with Crippen LogP contribution in [-0.2, 0) is 5.54 Å². The van der Waals surface area contributed by atoms with Gasteiger partial charge in [0.05, 0.1) is 18.2 Å². The van der Waals surface area contributed by atoms with Crippen LogP contribution in [0.4, 0.5) is 0 Å². The Morgan fingerprint density at radius 2 is 1.81 bits per heavy atom. The summed E-state index contributed by atoms with van der Waals surface area (Å²) in [5.74, 6) is 0.881. The van der Waals surface area contributed by atoms with E-state index >= 15 is 0 Å². The van der Waals surface area contributed by atoms with Crippen molar-refractivity contribution in [3.63, 3.8) is 0 Å². The molecule has 0 aromatic heterocycles. The first-order valence-corrected chi connectivity index (χ1v) is 8.19. The Balaban J connectivity index is 2.07. The molecule has 118 valence electrons. The van der Waals surface area contributed by atoms with Crippen LogP contribution in [0.5, 0.6) is 5.75 Å². The quantitative estimate of drug-likeness (QED) is 0.841. The second-order valence-electron chi connectivity index (χ2n) is 6.66. The van der Waals surface area contributed by atoms with Crippen molar-refractivity contribution >= 4 is 0 Å². The number of hydrogen-bond donors (Lipinski definition) is 2. The lowest BCUT2D eigenvalue weighted by Crippen LogP contribution is -2.49. The molecule has 1 fully saturated rings. The van der Waals surface area contributed by atoms with Crippen LogP contribution < -0.4 is 10.1 Å². The summed E-state index contributed by atoms with van der Waals surface area (Å²) in [6.07, 6.45) is 6.53. The fraction of sp³-hybridized carbons (Fsp3) is 0.667. The van der Waals surface area contributed by atoms with Gasteiger partial charge in [-0.25, -0.2) is 0 Å². The molecule has 0 radical (unpaired) electrons. The summed E-state index contributed by atoms with van der Waals surface area (Å²) in [6, 6.07) is 8.62. The van der Waals surface area contributed by atoms with E-state index in [9.17, 15) is 5.11 Å². The van der Waals surface area contributed by atoms with Crippen molar-refractivity contribution in [2.24, 2.45) is 0 Å². The van der Waals surface area contributed by atoms with Gasteiger partial charge in [0.2, 0.25) is 0 Å². The first-order valence-electron chi connectivity index (χ1n) is 8.19. The van der Waals surface area contributed by atoms with Crippen molar-refractivity contribution < 1.29 is 9.84 Å². The van der Waals surface area contributed by atoms with Crippen LogP contribution in [0.25, 0.3) is 0 Å². The van der Waals surface area contributed by atoms with E-state index in [-0.39, 0.29) is 18.2 Å². The third-order valence-corrected chi connectivity index (χ3v) is 4.31. The number of nitrogens with one attached hydrogen (secondary N) is 1. The molecule has 0 amide bonds. The molecule has 1 aliphatic carbocycles. The molecule has 1 aromatic rings. The Kier molecular flexibility index (Phi) is 5.65. The maximum absolute atomic E-state index is 9.89. The highest BCUT2D eigenvalue weighted by Gasteiger charge is 2.29. The molecular formula is C18H29NO2. The zero-order chi connectivity index (χ0) is 15.3. The largest absolute Gasteiger partial charge is 0.491 e. The van der Waals surface area contributed by atoms with Crippen molar-refractivity contribution in [3.05, 3.63) is 29.8 Å². The summed E-state index contributed by atoms with van der Waals surface area (Å²) in [7, 11) is 0. The SMILES string of the molecule is CC(C)Oc1ccc(C(C)(CO)NC2CCCCC2)cc1. The lowest BCUT2D eigenvalue weighted by molar-refractivity contribution is 0.150. The molecule has 1 atom stereocenters. The molecule has 21 heavy (non-hydrogen) atoms. The van der Waals surface area contributed by atoms with Crippen LogP contribution in [0.1, 0.15) is 58.4 Å². The minimum absolute atomic E-state index is 0.105. The van der Waals surface area contributed by atoms with Crippen LogP contribution in [0, 0.1) is 0 Å². The number of aliphatic hydroxyl groups excluding tert-OH is 1. The predicted octanol–water partition coefficient (Wildman–Crippen LogP) is 3.60. The van der Waals surface area contributed by atoms with Gasteiger partial charge in [-0.05, 0) is 51.3 Å². The Hall–Kier alpha value is -1.06. The van der Waals surface area contributed by atoms with E-state index in [4.69, 9.17) is 4.74 Å². The van der Waals surface area contributed by atoms with Crippen molar-refractivity contribution in [3.8, 4) is 5.75 Å². The second-order valence-corrected chi connectivity index (χ2v) is 6.66. The maximum atomic E-state index is 9.89. The van der Waals surface area contributed by atoms with E-state index in [0.29, 0.717) is 6.04 Å². The summed E-state index contributed by atoms with van der Waals surface area (Å²) in [4.78, 5) is 0. The zero-order valence-electron chi connectivity index (χ0n) is 13.6. The first kappa shape index (κ1) is 16.3. The fourth-order valence-corrected chi connectivity index (χ4v) is 3.09. The minimum Gasteiger partial charge on any atom is -0.491 e. The van der Waals surface area contributed by atoms with E-state index in [0.717, 1.165) is 11.3 Å². The predicted molar refractivity (Wildman–Crippen MR) is 86.7 cm³/mol. The van der Waals surface area contributed by atoms with Crippen molar-refractivity contribution in [1.82, 2.24) is 5.32 Å². The van der Waals surface area contributed by atoms with Gasteiger partial charge in [-0.3, -0.25) is 0 Å². The summed E-state index contributed by atoms with van der Waals surface area (Å²) in [5, 5.41) is 13.6. The van der Waals surface area contributed by atoms with E-state index in [2.05, 4.69) is 24.4 Å². The number of aliphatic hydroxyl groups is 1. The van der Waals surface area contributed by atoms with Crippen LogP contribution in [0.2, 0.25) is 0 Å². The minimum atomic E-state index is -0.377. The van der Waals surface area contributed by atoms with Gasteiger partial charge in [0.15, 0.2) is 0 Å². The van der Waals surface area contributed by atoms with E-state index in [1.807, 2.05) is 26.0 Å². The molecule has 1 aliphatic rings. The Labute approximate surface area is 128 Å². The van der Waals surface area contributed by atoms with Crippen LogP contribution in [-0.4, -0.2) is 23.9 Å². The molecule has 0 heterocycles. The molecule has 3 heteroatoms. The maximum Gasteiger partial charge on any atom is 0.119 e. The van der Waals surface area contributed by atoms with Crippen molar-refractivity contribution in [2.45, 2.75) is 70.6 Å². The van der Waals surface area contributed by atoms with Gasteiger partial charge in [0.1, 0.15) is 5.75 Å². The molecule has 0 aliphatic heterocycles. The average Bonchev–Trinajstić information content (AvgIpc) is 2.48. The number of ether oxygens (including phenoxy) is 1. The Bertz CT molecular complexity index is 423. The van der Waals surface area contributed by atoms with E-state index in [1.165, 1.54) is 32.1 Å². The number of hydrogen-bond acceptors (Lipinski definition) is 3. The molecule has 0 saturated heterocycles. The lowest BCUT2D eigenvalue weighted by Gasteiger charge is -2.36. The number of rotatable bonds is 6. The van der Waals surface area contributed by atoms with Gasteiger partial charge >= 0.3 is 0 Å². The zero-order valence-corrected chi connectivity index (χ0v) is 13.6. The van der Waals surface area contributed by atoms with Gasteiger partial charge in [-0.2, -0.15) is 0 Å². The summed E-state index contributed by atoms with van der Waals surface area (Å²) >= 11 is 0. The topological polar surface area (TPSA) is 41.5 Å². The van der Waals surface area contributed by atoms with Gasteiger partial charge in [0, 0.05) is 6.04 Å². The highest BCUT2D eigenvalue weighted by molar-refractivity contribution is 5.32. The molecular weight excluding hydrogens is 262 g/mol. The standard InChI is InChI=1S/C18H29NO2/c1-14(2)21-17-11-9-15(10-12-17)18(3,13-20)19-16-7-5-4-6-8-16/h9-12,14,16,19-20H,4-8,13H2,1-3H3. The third kappa shape index (κ3) is 4.45. The first-order chi connectivity index (χ1) is 10.0. The molecule has 2 rings (SSSR count). The van der Waals surface area contributed by atoms with Crippen LogP contribution in [0.15, 0.2) is 24.3 Å². The smallest absolute Gasteiger partial charge is 0.119 e. The molecule has 0 bridgehead atoms. The molecule has 1 aromatic carbocycles. The lowest BCUT2D eigenvalue weighted by atomic mass is 9.88. The van der Waals surface area contributed by atoms with Crippen LogP contribution >= 0.6 is 0 Å². The average molecular weight is 291 g/mol. The van der Waals surface area contributed by atoms with Crippen molar-refractivity contribution in [1.29, 1.82) is 0 Å². The number of benzene rings is 1. The Morgan fingerprint density at radius 1 is 1.19 bits per heavy atom. The van der Waals surface area contributed by atoms with E-state index in [1.54, 1.807) is 0 Å². The molecule has 2 N–H and O–H groups in total. The normalized spacial score (nSPS) is 19.5. The van der Waals surface area contributed by atoms with Crippen molar-refractivity contribution in [2.75, 3.05) is 6.61 Å². The second kappa shape index (κ2) is 7.28. The van der Waals surface area contributed by atoms with Gasteiger partial charge < -0.3 is 15.2 Å². The van der Waals surface area contributed by atoms with Gasteiger partial charge in [0.25, 0.3) is 0 Å². The highest BCUT2D eigenvalue weighted by Crippen LogP contribution is 2.27. The summed E-state index contributed by atoms with van der Waals surface area (Å²) in [6.45, 7) is 6.24. The van der Waals surface area contributed by atoms with E-state index < -0.39 is 0 Å². The monoisotopic (exact) mass is 291 g/mol. The fourth-order valence-electron chi connectivity index (χ4n) is 3.09. The van der Waals surface area contributed by atoms with Crippen LogP contribution in [0.3, 0.4) is 0 Å². The Morgan fingerprint density at radius 3 is 2.33 bits per heavy atom. The molecule has 0 spiro atoms. The summed E-state index contributed by atoms with van der Waals surface area (Å²) < 4.78 is 5.68. The molecule has 1 unspecified atom stereocenters. The highest BCUT2D eigenvalue weighted by atomic mass is 16.5. The molecule has 1 saturated carbocycles. The van der Waals surface area contributed by atoms with Gasteiger partial charge in [-0.1, -0.05) is 31.4 Å². The molecule has 3 nitrogen and oxygen atoms in total. The van der Waals surface area contributed by atoms with Gasteiger partial charge in [-0.15, -0.1) is 0 Å².